The zero-order chi connectivity index (χ0) is 8.89. The lowest BCUT2D eigenvalue weighted by Gasteiger charge is -2.39. The Balaban J connectivity index is 1.78. The van der Waals surface area contributed by atoms with E-state index in [-0.39, 0.29) is 0 Å². The van der Waals surface area contributed by atoms with Crippen LogP contribution in [0.3, 0.4) is 0 Å². The van der Waals surface area contributed by atoms with Gasteiger partial charge in [0.05, 0.1) is 0 Å². The maximum absolute atomic E-state index is 5.78. The van der Waals surface area contributed by atoms with Crippen LogP contribution in [0, 0.1) is 5.41 Å². The highest BCUT2D eigenvalue weighted by atomic mass is 35.5. The van der Waals surface area contributed by atoms with Gasteiger partial charge in [0.2, 0.25) is 5.95 Å². The minimum atomic E-state index is 0.529. The van der Waals surface area contributed by atoms with Crippen LogP contribution in [0.1, 0.15) is 12.8 Å². The summed E-state index contributed by atoms with van der Waals surface area (Å²) in [6, 6.07) is 1.71. The zero-order valence-electron chi connectivity index (χ0n) is 7.20. The molecule has 1 aromatic heterocycles. The Morgan fingerprint density at radius 2 is 2.15 bits per heavy atom. The molecule has 0 bridgehead atoms. The number of hydrogen-bond acceptors (Lipinski definition) is 3. The molecule has 0 atom stereocenters. The summed E-state index contributed by atoms with van der Waals surface area (Å²) in [6.45, 7) is 2.24. The molecule has 1 saturated carbocycles. The van der Waals surface area contributed by atoms with Gasteiger partial charge in [0, 0.05) is 24.7 Å². The van der Waals surface area contributed by atoms with E-state index in [2.05, 4.69) is 14.9 Å². The number of rotatable bonds is 1. The molecule has 1 aromatic rings. The summed E-state index contributed by atoms with van der Waals surface area (Å²) in [4.78, 5) is 10.5. The molecular weight excluding hydrogens is 186 g/mol. The molecule has 2 heterocycles. The Kier molecular flexibility index (Phi) is 1.37. The largest absolute Gasteiger partial charge is 0.340 e. The van der Waals surface area contributed by atoms with Crippen LogP contribution >= 0.6 is 11.6 Å². The molecule has 68 valence electrons. The Morgan fingerprint density at radius 1 is 1.38 bits per heavy atom. The molecule has 0 radical (unpaired) electrons. The molecule has 1 aliphatic carbocycles. The van der Waals surface area contributed by atoms with E-state index < -0.39 is 0 Å². The van der Waals surface area contributed by atoms with Crippen LogP contribution in [0.5, 0.6) is 0 Å². The van der Waals surface area contributed by atoms with Gasteiger partial charge in [-0.25, -0.2) is 9.97 Å². The molecule has 3 nitrogen and oxygen atoms in total. The molecule has 3 rings (SSSR count). The molecule has 13 heavy (non-hydrogen) atoms. The summed E-state index contributed by atoms with van der Waals surface area (Å²) in [5, 5.41) is 0.529. The number of aromatic nitrogens is 2. The third-order valence-electron chi connectivity index (χ3n) is 2.90. The maximum atomic E-state index is 5.78. The molecule has 0 amide bonds. The van der Waals surface area contributed by atoms with Crippen LogP contribution in [-0.2, 0) is 0 Å². The normalized spacial score (nSPS) is 23.0. The fourth-order valence-electron chi connectivity index (χ4n) is 1.88. The second-order valence-corrected chi connectivity index (χ2v) is 4.42. The summed E-state index contributed by atoms with van der Waals surface area (Å²) < 4.78 is 0. The minimum absolute atomic E-state index is 0.529. The van der Waals surface area contributed by atoms with Gasteiger partial charge in [-0.3, -0.25) is 0 Å². The van der Waals surface area contributed by atoms with Crippen LogP contribution in [-0.4, -0.2) is 23.1 Å². The SMILES string of the molecule is Clc1ccnc(N2CC3(CC3)C2)n1. The average molecular weight is 196 g/mol. The van der Waals surface area contributed by atoms with E-state index in [1.165, 1.54) is 12.8 Å². The standard InChI is InChI=1S/C9H10ClN3/c10-7-1-4-11-8(12-7)13-5-9(6-13)2-3-9/h1,4H,2-3,5-6H2. The lowest BCUT2D eigenvalue weighted by molar-refractivity contribution is 0.381. The smallest absolute Gasteiger partial charge is 0.226 e. The third-order valence-corrected chi connectivity index (χ3v) is 3.11. The van der Waals surface area contributed by atoms with Crippen molar-refractivity contribution >= 4 is 17.5 Å². The zero-order valence-corrected chi connectivity index (χ0v) is 7.96. The predicted octanol–water partition coefficient (Wildman–Crippen LogP) is 1.73. The van der Waals surface area contributed by atoms with Crippen molar-refractivity contribution in [3.63, 3.8) is 0 Å². The van der Waals surface area contributed by atoms with Crippen LogP contribution in [0.2, 0.25) is 5.15 Å². The van der Waals surface area contributed by atoms with Gasteiger partial charge in [-0.15, -0.1) is 0 Å². The van der Waals surface area contributed by atoms with Gasteiger partial charge in [0.15, 0.2) is 0 Å². The van der Waals surface area contributed by atoms with Gasteiger partial charge in [0.1, 0.15) is 5.15 Å². The minimum Gasteiger partial charge on any atom is -0.340 e. The first-order valence-corrected chi connectivity index (χ1v) is 4.89. The van der Waals surface area contributed by atoms with E-state index in [0.29, 0.717) is 10.6 Å². The quantitative estimate of drug-likeness (QED) is 0.640. The lowest BCUT2D eigenvalue weighted by atomic mass is 9.98. The van der Waals surface area contributed by atoms with Gasteiger partial charge in [-0.05, 0) is 18.9 Å². The van der Waals surface area contributed by atoms with Crippen LogP contribution in [0.4, 0.5) is 5.95 Å². The summed E-state index contributed by atoms with van der Waals surface area (Å²) in [7, 11) is 0. The highest BCUT2D eigenvalue weighted by Gasteiger charge is 2.53. The predicted molar refractivity (Wildman–Crippen MR) is 50.9 cm³/mol. The second-order valence-electron chi connectivity index (χ2n) is 4.04. The number of nitrogens with zero attached hydrogens (tertiary/aromatic N) is 3. The van der Waals surface area contributed by atoms with Crippen molar-refractivity contribution in [1.82, 2.24) is 9.97 Å². The summed E-state index contributed by atoms with van der Waals surface area (Å²) in [5.41, 5.74) is 0.645. The molecule has 0 N–H and O–H groups in total. The topological polar surface area (TPSA) is 29.0 Å². The van der Waals surface area contributed by atoms with Crippen molar-refractivity contribution in [2.45, 2.75) is 12.8 Å². The van der Waals surface area contributed by atoms with Crippen molar-refractivity contribution in [1.29, 1.82) is 0 Å². The van der Waals surface area contributed by atoms with Gasteiger partial charge >= 0.3 is 0 Å². The molecular formula is C9H10ClN3. The van der Waals surface area contributed by atoms with Crippen molar-refractivity contribution in [2.24, 2.45) is 5.41 Å². The summed E-state index contributed by atoms with van der Waals surface area (Å²) >= 11 is 5.78. The van der Waals surface area contributed by atoms with Crippen molar-refractivity contribution < 1.29 is 0 Å². The number of anilines is 1. The van der Waals surface area contributed by atoms with E-state index in [1.54, 1.807) is 12.3 Å². The summed E-state index contributed by atoms with van der Waals surface area (Å²) in [5.74, 6) is 0.782. The first kappa shape index (κ1) is 7.56. The van der Waals surface area contributed by atoms with E-state index in [9.17, 15) is 0 Å². The Hall–Kier alpha value is -0.830. The van der Waals surface area contributed by atoms with Gasteiger partial charge in [-0.1, -0.05) is 11.6 Å². The first-order chi connectivity index (χ1) is 6.27. The summed E-state index contributed by atoms with van der Waals surface area (Å²) in [6.07, 6.45) is 4.47. The highest BCUT2D eigenvalue weighted by molar-refractivity contribution is 6.29. The Bertz CT molecular complexity index is 340. The fraction of sp³-hybridized carbons (Fsp3) is 0.556. The third kappa shape index (κ3) is 1.18. The molecule has 1 saturated heterocycles. The molecule has 2 fully saturated rings. The van der Waals surface area contributed by atoms with Gasteiger partial charge < -0.3 is 4.90 Å². The fourth-order valence-corrected chi connectivity index (χ4v) is 2.01. The monoisotopic (exact) mass is 195 g/mol. The second kappa shape index (κ2) is 2.35. The molecule has 0 unspecified atom stereocenters. The highest BCUT2D eigenvalue weighted by Crippen LogP contribution is 2.53. The first-order valence-electron chi connectivity index (χ1n) is 4.51. The number of hydrogen-bond donors (Lipinski definition) is 0. The maximum Gasteiger partial charge on any atom is 0.226 e. The van der Waals surface area contributed by atoms with Crippen LogP contribution in [0.25, 0.3) is 0 Å². The van der Waals surface area contributed by atoms with Crippen LogP contribution in [0.15, 0.2) is 12.3 Å². The van der Waals surface area contributed by atoms with Crippen LogP contribution < -0.4 is 4.90 Å². The lowest BCUT2D eigenvalue weighted by Crippen LogP contribution is -2.49. The number of halogens is 1. The van der Waals surface area contributed by atoms with E-state index >= 15 is 0 Å². The Morgan fingerprint density at radius 3 is 2.77 bits per heavy atom. The van der Waals surface area contributed by atoms with Crippen molar-refractivity contribution in [3.8, 4) is 0 Å². The Labute approximate surface area is 81.7 Å². The van der Waals surface area contributed by atoms with E-state index in [0.717, 1.165) is 19.0 Å². The van der Waals surface area contributed by atoms with E-state index in [4.69, 9.17) is 11.6 Å². The van der Waals surface area contributed by atoms with Gasteiger partial charge in [-0.2, -0.15) is 0 Å². The van der Waals surface area contributed by atoms with Gasteiger partial charge in [0.25, 0.3) is 0 Å². The van der Waals surface area contributed by atoms with Crippen molar-refractivity contribution in [2.75, 3.05) is 18.0 Å². The molecule has 1 spiro atoms. The molecule has 2 aliphatic rings. The molecule has 1 aliphatic heterocycles. The molecule has 0 aromatic carbocycles. The molecule has 4 heteroatoms. The van der Waals surface area contributed by atoms with E-state index in [1.807, 2.05) is 0 Å². The van der Waals surface area contributed by atoms with Crippen molar-refractivity contribution in [3.05, 3.63) is 17.4 Å². The average Bonchev–Trinajstić information content (AvgIpc) is 2.80.